The molecule has 4 nitrogen and oxygen atoms in total. The Morgan fingerprint density at radius 1 is 1.45 bits per heavy atom. The van der Waals surface area contributed by atoms with E-state index in [1.165, 1.54) is 25.0 Å². The predicted molar refractivity (Wildman–Crippen MR) is 79.3 cm³/mol. The lowest BCUT2D eigenvalue weighted by atomic mass is 9.77. The Bertz CT molecular complexity index is 605. The van der Waals surface area contributed by atoms with Crippen molar-refractivity contribution in [1.29, 1.82) is 0 Å². The van der Waals surface area contributed by atoms with Crippen molar-refractivity contribution in [3.8, 4) is 0 Å². The van der Waals surface area contributed by atoms with Crippen LogP contribution in [0.25, 0.3) is 11.0 Å². The zero-order chi connectivity index (χ0) is 14.2. The summed E-state index contributed by atoms with van der Waals surface area (Å²) in [6.45, 7) is 6.47. The fourth-order valence-corrected chi connectivity index (χ4v) is 2.88. The minimum absolute atomic E-state index is 0.247. The SMILES string of the molecule is CC1(C)CCCNC1CNc1nc2ccc(F)cc2[nH]1. The van der Waals surface area contributed by atoms with Gasteiger partial charge in [0.05, 0.1) is 11.0 Å². The summed E-state index contributed by atoms with van der Waals surface area (Å²) in [5, 5.41) is 6.89. The topological polar surface area (TPSA) is 52.7 Å². The van der Waals surface area contributed by atoms with E-state index in [1.807, 2.05) is 0 Å². The number of rotatable bonds is 3. The summed E-state index contributed by atoms with van der Waals surface area (Å²) in [6, 6.07) is 5.01. The summed E-state index contributed by atoms with van der Waals surface area (Å²) in [7, 11) is 0. The van der Waals surface area contributed by atoms with Gasteiger partial charge in [0.1, 0.15) is 5.82 Å². The van der Waals surface area contributed by atoms with Crippen LogP contribution in [0.1, 0.15) is 26.7 Å². The summed E-state index contributed by atoms with van der Waals surface area (Å²) >= 11 is 0. The molecule has 108 valence electrons. The summed E-state index contributed by atoms with van der Waals surface area (Å²) in [5.41, 5.74) is 1.79. The van der Waals surface area contributed by atoms with E-state index in [4.69, 9.17) is 0 Å². The lowest BCUT2D eigenvalue weighted by molar-refractivity contribution is 0.188. The molecule has 0 spiro atoms. The quantitative estimate of drug-likeness (QED) is 0.808. The molecule has 1 unspecified atom stereocenters. The maximum atomic E-state index is 13.1. The number of hydrogen-bond donors (Lipinski definition) is 3. The van der Waals surface area contributed by atoms with Crippen LogP contribution in [0.4, 0.5) is 10.3 Å². The molecule has 0 aliphatic carbocycles. The van der Waals surface area contributed by atoms with Gasteiger partial charge in [-0.2, -0.15) is 0 Å². The Kier molecular flexibility index (Phi) is 3.38. The van der Waals surface area contributed by atoms with E-state index in [0.717, 1.165) is 24.1 Å². The number of fused-ring (bicyclic) bond motifs is 1. The first-order valence-electron chi connectivity index (χ1n) is 7.17. The van der Waals surface area contributed by atoms with Crippen LogP contribution in [0.5, 0.6) is 0 Å². The first-order valence-corrected chi connectivity index (χ1v) is 7.17. The molecule has 0 saturated carbocycles. The Morgan fingerprint density at radius 3 is 3.10 bits per heavy atom. The molecule has 1 saturated heterocycles. The van der Waals surface area contributed by atoms with Crippen LogP contribution in [0.3, 0.4) is 0 Å². The van der Waals surface area contributed by atoms with Gasteiger partial charge < -0.3 is 15.6 Å². The number of halogens is 1. The van der Waals surface area contributed by atoms with E-state index in [-0.39, 0.29) is 11.2 Å². The van der Waals surface area contributed by atoms with Gasteiger partial charge in [0, 0.05) is 12.6 Å². The molecule has 0 amide bonds. The number of H-pyrrole nitrogens is 1. The van der Waals surface area contributed by atoms with Gasteiger partial charge in [0.25, 0.3) is 0 Å². The molecule has 3 rings (SSSR count). The van der Waals surface area contributed by atoms with Gasteiger partial charge in [-0.25, -0.2) is 9.37 Å². The van der Waals surface area contributed by atoms with Gasteiger partial charge in [0.2, 0.25) is 5.95 Å². The van der Waals surface area contributed by atoms with Gasteiger partial charge in [-0.15, -0.1) is 0 Å². The Morgan fingerprint density at radius 2 is 2.30 bits per heavy atom. The molecular weight excluding hydrogens is 255 g/mol. The molecule has 5 heteroatoms. The molecule has 1 aliphatic rings. The van der Waals surface area contributed by atoms with E-state index in [2.05, 4.69) is 34.4 Å². The molecule has 1 aromatic heterocycles. The molecule has 0 radical (unpaired) electrons. The van der Waals surface area contributed by atoms with E-state index in [9.17, 15) is 4.39 Å². The van der Waals surface area contributed by atoms with Crippen molar-refractivity contribution in [2.45, 2.75) is 32.7 Å². The summed E-state index contributed by atoms with van der Waals surface area (Å²) in [4.78, 5) is 7.54. The van der Waals surface area contributed by atoms with E-state index in [1.54, 1.807) is 6.07 Å². The number of nitrogens with one attached hydrogen (secondary N) is 3. The first kappa shape index (κ1) is 13.4. The molecule has 1 atom stereocenters. The monoisotopic (exact) mass is 276 g/mol. The number of nitrogens with zero attached hydrogens (tertiary/aromatic N) is 1. The standard InChI is InChI=1S/C15H21FN4/c1-15(2)6-3-7-17-13(15)9-18-14-19-11-5-4-10(16)8-12(11)20-14/h4-5,8,13,17H,3,6-7,9H2,1-2H3,(H2,18,19,20). The number of benzene rings is 1. The Labute approximate surface area is 118 Å². The summed E-state index contributed by atoms with van der Waals surface area (Å²) in [6.07, 6.45) is 2.46. The zero-order valence-electron chi connectivity index (χ0n) is 12.0. The number of anilines is 1. The average Bonchev–Trinajstić information content (AvgIpc) is 2.79. The highest BCUT2D eigenvalue weighted by molar-refractivity contribution is 5.77. The van der Waals surface area contributed by atoms with E-state index >= 15 is 0 Å². The van der Waals surface area contributed by atoms with Gasteiger partial charge >= 0.3 is 0 Å². The van der Waals surface area contributed by atoms with Crippen molar-refractivity contribution < 1.29 is 4.39 Å². The first-order chi connectivity index (χ1) is 9.54. The number of imidazole rings is 1. The number of hydrogen-bond acceptors (Lipinski definition) is 3. The van der Waals surface area contributed by atoms with Crippen LogP contribution in [0.15, 0.2) is 18.2 Å². The highest BCUT2D eigenvalue weighted by atomic mass is 19.1. The van der Waals surface area contributed by atoms with Gasteiger partial charge in [-0.1, -0.05) is 13.8 Å². The van der Waals surface area contributed by atoms with E-state index < -0.39 is 0 Å². The molecule has 20 heavy (non-hydrogen) atoms. The number of aromatic amines is 1. The van der Waals surface area contributed by atoms with Crippen LogP contribution < -0.4 is 10.6 Å². The molecule has 0 bridgehead atoms. The van der Waals surface area contributed by atoms with E-state index in [0.29, 0.717) is 12.0 Å². The lowest BCUT2D eigenvalue weighted by Crippen LogP contribution is -2.50. The minimum Gasteiger partial charge on any atom is -0.354 e. The second-order valence-corrected chi connectivity index (χ2v) is 6.23. The molecular formula is C15H21FN4. The third-order valence-electron chi connectivity index (χ3n) is 4.25. The molecule has 3 N–H and O–H groups in total. The largest absolute Gasteiger partial charge is 0.354 e. The summed E-state index contributed by atoms with van der Waals surface area (Å²) < 4.78 is 13.1. The highest BCUT2D eigenvalue weighted by Crippen LogP contribution is 2.30. The fourth-order valence-electron chi connectivity index (χ4n) is 2.88. The van der Waals surface area contributed by atoms with Crippen molar-refractivity contribution in [3.63, 3.8) is 0 Å². The van der Waals surface area contributed by atoms with Gasteiger partial charge in [-0.05, 0) is 43.0 Å². The second-order valence-electron chi connectivity index (χ2n) is 6.23. The highest BCUT2D eigenvalue weighted by Gasteiger charge is 2.31. The molecule has 2 aromatic rings. The van der Waals surface area contributed by atoms with Crippen LogP contribution >= 0.6 is 0 Å². The molecule has 2 heterocycles. The number of piperidine rings is 1. The van der Waals surface area contributed by atoms with Gasteiger partial charge in [-0.3, -0.25) is 0 Å². The van der Waals surface area contributed by atoms with Gasteiger partial charge in [0.15, 0.2) is 0 Å². The van der Waals surface area contributed by atoms with Crippen LogP contribution in [-0.4, -0.2) is 29.1 Å². The van der Waals surface area contributed by atoms with Crippen molar-refractivity contribution >= 4 is 17.0 Å². The van der Waals surface area contributed by atoms with Crippen LogP contribution in [0, 0.1) is 11.2 Å². The minimum atomic E-state index is -0.247. The Balaban J connectivity index is 1.70. The maximum absolute atomic E-state index is 13.1. The molecule has 1 aliphatic heterocycles. The predicted octanol–water partition coefficient (Wildman–Crippen LogP) is 2.89. The normalized spacial score (nSPS) is 22.1. The van der Waals surface area contributed by atoms with Crippen molar-refractivity contribution in [3.05, 3.63) is 24.0 Å². The average molecular weight is 276 g/mol. The number of aromatic nitrogens is 2. The Hall–Kier alpha value is -1.62. The molecule has 1 fully saturated rings. The van der Waals surface area contributed by atoms with Crippen molar-refractivity contribution in [2.75, 3.05) is 18.4 Å². The smallest absolute Gasteiger partial charge is 0.201 e. The fraction of sp³-hybridized carbons (Fsp3) is 0.533. The van der Waals surface area contributed by atoms with Crippen molar-refractivity contribution in [2.24, 2.45) is 5.41 Å². The van der Waals surface area contributed by atoms with Crippen LogP contribution in [-0.2, 0) is 0 Å². The summed E-state index contributed by atoms with van der Waals surface area (Å²) in [5.74, 6) is 0.455. The third-order valence-corrected chi connectivity index (χ3v) is 4.25. The second kappa shape index (κ2) is 5.05. The van der Waals surface area contributed by atoms with Crippen molar-refractivity contribution in [1.82, 2.24) is 15.3 Å². The van der Waals surface area contributed by atoms with Crippen LogP contribution in [0.2, 0.25) is 0 Å². The zero-order valence-corrected chi connectivity index (χ0v) is 12.0. The maximum Gasteiger partial charge on any atom is 0.201 e. The third kappa shape index (κ3) is 2.63. The lowest BCUT2D eigenvalue weighted by Gasteiger charge is -2.39. The molecule has 1 aromatic carbocycles.